The summed E-state index contributed by atoms with van der Waals surface area (Å²) in [6.45, 7) is 10.6. The highest BCUT2D eigenvalue weighted by Gasteiger charge is 2.43. The maximum absolute atomic E-state index is 14.0. The van der Waals surface area contributed by atoms with Crippen LogP contribution >= 0.6 is 0 Å². The summed E-state index contributed by atoms with van der Waals surface area (Å²) in [6, 6.07) is 12.3. The average molecular weight is 835 g/mol. The second-order valence-electron chi connectivity index (χ2n) is 16.9. The third-order valence-corrected chi connectivity index (χ3v) is 12.6. The van der Waals surface area contributed by atoms with E-state index in [0.29, 0.717) is 31.2 Å². The molecule has 3 aliphatic heterocycles. The van der Waals surface area contributed by atoms with Gasteiger partial charge in [-0.2, -0.15) is 0 Å². The summed E-state index contributed by atoms with van der Waals surface area (Å²) in [5, 5.41) is 7.33. The van der Waals surface area contributed by atoms with Gasteiger partial charge < -0.3 is 49.3 Å². The van der Waals surface area contributed by atoms with Gasteiger partial charge in [-0.05, 0) is 91.3 Å². The van der Waals surface area contributed by atoms with Crippen molar-refractivity contribution < 1.29 is 38.1 Å². The van der Waals surface area contributed by atoms with Crippen LogP contribution in [0.15, 0.2) is 48.7 Å². The van der Waals surface area contributed by atoms with Gasteiger partial charge in [0.1, 0.15) is 36.1 Å². The standard InChI is InChI=1S/C45H54N8O8/c1-22(2)37(50-44(56)59-7)43(55)53-24(4)9-14-34(53)41-47-32-13-11-26-17-31-29-12-10-27(16-28(29)21-61-36(31)18-30(26)39(32)49-41)33-19-46-40(48-33)35-15-23(3)20-52(35)42(54)38(25(5)58-6)51-45(57)60-8/h10-13,16-19,22-25,34-35,37-38H,9,14-15,20-21H2,1-8H3,(H,46,48)(H,47,49)(H,50,56)(H,51,57)/t23-,24-,25+,34-,35-,37?,38-/m0/s1. The molecule has 1 unspecified atom stereocenters. The zero-order chi connectivity index (χ0) is 43.3. The smallest absolute Gasteiger partial charge is 0.407 e. The van der Waals surface area contributed by atoms with Crippen molar-refractivity contribution in [2.45, 2.75) is 96.8 Å². The van der Waals surface area contributed by atoms with E-state index in [9.17, 15) is 19.2 Å². The number of rotatable bonds is 10. The number of aromatic nitrogens is 4. The van der Waals surface area contributed by atoms with Crippen LogP contribution in [0.1, 0.15) is 83.2 Å². The van der Waals surface area contributed by atoms with Crippen LogP contribution < -0.4 is 15.4 Å². The molecule has 5 aromatic rings. The predicted molar refractivity (Wildman–Crippen MR) is 227 cm³/mol. The first-order valence-corrected chi connectivity index (χ1v) is 20.9. The summed E-state index contributed by atoms with van der Waals surface area (Å²) in [5.41, 5.74) is 6.50. The van der Waals surface area contributed by atoms with Gasteiger partial charge in [-0.1, -0.05) is 39.0 Å². The molecule has 8 rings (SSSR count). The lowest BCUT2D eigenvalue weighted by atomic mass is 9.92. The van der Waals surface area contributed by atoms with E-state index in [0.717, 1.165) is 68.3 Å². The number of H-pyrrole nitrogens is 2. The highest BCUT2D eigenvalue weighted by atomic mass is 16.5. The number of nitrogens with zero attached hydrogens (tertiary/aromatic N) is 4. The number of likely N-dealkylation sites (tertiary alicyclic amines) is 2. The molecule has 0 spiro atoms. The van der Waals surface area contributed by atoms with Crippen LogP contribution in [0.3, 0.4) is 0 Å². The minimum atomic E-state index is -0.922. The molecular formula is C45H54N8O8. The molecule has 7 atom stereocenters. The number of hydrogen-bond acceptors (Lipinski definition) is 10. The largest absolute Gasteiger partial charge is 0.488 e. The number of alkyl carbamates (subject to hydrolysis) is 2. The number of carbonyl (C=O) groups is 4. The molecule has 4 N–H and O–H groups in total. The molecule has 4 amide bonds. The Morgan fingerprint density at radius 3 is 2.33 bits per heavy atom. The van der Waals surface area contributed by atoms with Crippen LogP contribution in [0.4, 0.5) is 9.59 Å². The number of ether oxygens (including phenoxy) is 4. The van der Waals surface area contributed by atoms with Crippen LogP contribution in [-0.2, 0) is 30.4 Å². The van der Waals surface area contributed by atoms with Gasteiger partial charge in [-0.25, -0.2) is 19.6 Å². The molecule has 2 fully saturated rings. The molecule has 2 aromatic heterocycles. The fourth-order valence-electron chi connectivity index (χ4n) is 9.20. The molecule has 0 aliphatic carbocycles. The van der Waals surface area contributed by atoms with Gasteiger partial charge in [0, 0.05) is 30.6 Å². The van der Waals surface area contributed by atoms with E-state index in [1.54, 1.807) is 18.0 Å². The van der Waals surface area contributed by atoms with E-state index < -0.39 is 30.4 Å². The Kier molecular flexibility index (Phi) is 11.4. The highest BCUT2D eigenvalue weighted by molar-refractivity contribution is 6.07. The first kappa shape index (κ1) is 41.6. The lowest BCUT2D eigenvalue weighted by Gasteiger charge is -2.32. The topological polar surface area (TPSA) is 193 Å². The zero-order valence-electron chi connectivity index (χ0n) is 35.8. The molecule has 5 heterocycles. The third-order valence-electron chi connectivity index (χ3n) is 12.6. The Morgan fingerprint density at radius 1 is 0.852 bits per heavy atom. The number of aromatic amines is 2. The Bertz CT molecular complexity index is 2500. The van der Waals surface area contributed by atoms with Gasteiger partial charge >= 0.3 is 12.2 Å². The molecule has 2 saturated heterocycles. The van der Waals surface area contributed by atoms with E-state index >= 15 is 0 Å². The van der Waals surface area contributed by atoms with Crippen molar-refractivity contribution in [1.82, 2.24) is 40.4 Å². The summed E-state index contributed by atoms with van der Waals surface area (Å²) >= 11 is 0. The summed E-state index contributed by atoms with van der Waals surface area (Å²) < 4.78 is 21.5. The third kappa shape index (κ3) is 7.73. The quantitative estimate of drug-likeness (QED) is 0.117. The molecule has 322 valence electrons. The van der Waals surface area contributed by atoms with Crippen LogP contribution in [0.5, 0.6) is 5.75 Å². The van der Waals surface area contributed by atoms with Crippen molar-refractivity contribution in [3.63, 3.8) is 0 Å². The van der Waals surface area contributed by atoms with Crippen molar-refractivity contribution in [3.05, 3.63) is 65.9 Å². The van der Waals surface area contributed by atoms with Gasteiger partial charge in [0.05, 0.1) is 55.3 Å². The predicted octanol–water partition coefficient (Wildman–Crippen LogP) is 6.77. The summed E-state index contributed by atoms with van der Waals surface area (Å²) in [4.78, 5) is 72.6. The van der Waals surface area contributed by atoms with Gasteiger partial charge in [-0.3, -0.25) is 9.59 Å². The molecule has 3 aliphatic rings. The molecule has 0 saturated carbocycles. The van der Waals surface area contributed by atoms with Gasteiger partial charge in [-0.15, -0.1) is 0 Å². The first-order valence-electron chi connectivity index (χ1n) is 20.9. The van der Waals surface area contributed by atoms with E-state index in [1.165, 1.54) is 21.3 Å². The van der Waals surface area contributed by atoms with Gasteiger partial charge in [0.15, 0.2) is 0 Å². The Hall–Kier alpha value is -6.16. The van der Waals surface area contributed by atoms with Crippen molar-refractivity contribution in [1.29, 1.82) is 0 Å². The molecular weight excluding hydrogens is 781 g/mol. The van der Waals surface area contributed by atoms with Crippen molar-refractivity contribution in [3.8, 4) is 28.1 Å². The molecule has 3 aromatic carbocycles. The number of imidazole rings is 2. The monoisotopic (exact) mass is 834 g/mol. The highest BCUT2D eigenvalue weighted by Crippen LogP contribution is 2.44. The number of carbonyl (C=O) groups excluding carboxylic acids is 4. The fourth-order valence-corrected chi connectivity index (χ4v) is 9.20. The Balaban J connectivity index is 1.04. The molecule has 16 heteroatoms. The summed E-state index contributed by atoms with van der Waals surface area (Å²) in [5.74, 6) is 1.81. The van der Waals surface area contributed by atoms with E-state index in [4.69, 9.17) is 28.9 Å². The fraction of sp³-hybridized carbons (Fsp3) is 0.467. The van der Waals surface area contributed by atoms with E-state index in [-0.39, 0.29) is 41.8 Å². The van der Waals surface area contributed by atoms with Crippen LogP contribution in [0, 0.1) is 11.8 Å². The number of fused-ring (bicyclic) bond motifs is 6. The SMILES string of the molecule is COC(=O)NC(C(=O)N1[C@@H](C)CC[C@H]1c1nc2c(ccc3cc4c(cc32)OCc2cc(-c3cnc([C@@H]5C[C@H](C)CN5C(=O)[C@@H](NC(=O)OC)[C@@H](C)OC)[nH]3)ccc2-4)[nH]1)C(C)C. The maximum atomic E-state index is 14.0. The van der Waals surface area contributed by atoms with Gasteiger partial charge in [0.25, 0.3) is 0 Å². The Labute approximate surface area is 354 Å². The van der Waals surface area contributed by atoms with Gasteiger partial charge in [0.2, 0.25) is 11.8 Å². The van der Waals surface area contributed by atoms with Crippen LogP contribution in [0.2, 0.25) is 0 Å². The second-order valence-corrected chi connectivity index (χ2v) is 16.9. The minimum absolute atomic E-state index is 0.0295. The van der Waals surface area contributed by atoms with Crippen molar-refractivity contribution in [2.24, 2.45) is 11.8 Å². The lowest BCUT2D eigenvalue weighted by Crippen LogP contribution is -2.54. The molecule has 0 bridgehead atoms. The van der Waals surface area contributed by atoms with E-state index in [2.05, 4.69) is 63.9 Å². The number of benzene rings is 3. The van der Waals surface area contributed by atoms with Crippen molar-refractivity contribution in [2.75, 3.05) is 27.9 Å². The molecule has 0 radical (unpaired) electrons. The minimum Gasteiger partial charge on any atom is -0.488 e. The average Bonchev–Trinajstić information content (AvgIpc) is 4.08. The number of nitrogens with one attached hydrogen (secondary N) is 4. The van der Waals surface area contributed by atoms with Crippen LogP contribution in [-0.4, -0.2) is 106 Å². The zero-order valence-corrected chi connectivity index (χ0v) is 35.8. The normalized spacial score (nSPS) is 21.1. The number of methoxy groups -OCH3 is 3. The van der Waals surface area contributed by atoms with Crippen molar-refractivity contribution >= 4 is 45.8 Å². The lowest BCUT2D eigenvalue weighted by molar-refractivity contribution is -0.138. The molecule has 61 heavy (non-hydrogen) atoms. The van der Waals surface area contributed by atoms with E-state index in [1.807, 2.05) is 31.7 Å². The Morgan fingerprint density at radius 2 is 1.61 bits per heavy atom. The van der Waals surface area contributed by atoms with Crippen LogP contribution in [0.25, 0.3) is 44.2 Å². The number of hydrogen-bond donors (Lipinski definition) is 4. The summed E-state index contributed by atoms with van der Waals surface area (Å²) in [6.07, 6.45) is 2.15. The second kappa shape index (κ2) is 16.7. The number of amides is 4. The maximum Gasteiger partial charge on any atom is 0.407 e. The molecule has 16 nitrogen and oxygen atoms in total. The summed E-state index contributed by atoms with van der Waals surface area (Å²) in [7, 11) is 4.05. The first-order chi connectivity index (χ1) is 29.3.